The zero-order valence-corrected chi connectivity index (χ0v) is 16.2. The molecule has 1 saturated heterocycles. The van der Waals surface area contributed by atoms with Crippen LogP contribution in [0, 0.1) is 6.92 Å². The first-order valence-electron chi connectivity index (χ1n) is 8.89. The standard InChI is InChI=1S/C18H23N5O3S/c1-3-23(15-7-9-27(25,26)12-15)17(24)16-10-13(2)21-18(22-16)20-11-14-6-4-5-8-19-14/h4-6,8,10,15H,3,7,9,11-12H2,1-2H3,(H,20,21,22). The highest BCUT2D eigenvalue weighted by atomic mass is 32.2. The van der Waals surface area contributed by atoms with Crippen LogP contribution in [-0.2, 0) is 16.4 Å². The van der Waals surface area contributed by atoms with Crippen LogP contribution >= 0.6 is 0 Å². The van der Waals surface area contributed by atoms with E-state index < -0.39 is 9.84 Å². The second-order valence-corrected chi connectivity index (χ2v) is 8.77. The number of carbonyl (C=O) groups excluding carboxylic acids is 1. The summed E-state index contributed by atoms with van der Waals surface area (Å²) >= 11 is 0. The number of sulfone groups is 1. The van der Waals surface area contributed by atoms with Gasteiger partial charge in [-0.05, 0) is 38.5 Å². The predicted molar refractivity (Wildman–Crippen MR) is 102 cm³/mol. The van der Waals surface area contributed by atoms with E-state index in [1.807, 2.05) is 25.1 Å². The fourth-order valence-electron chi connectivity index (χ4n) is 3.17. The molecule has 1 N–H and O–H groups in total. The molecule has 1 fully saturated rings. The Balaban J connectivity index is 1.76. The Hall–Kier alpha value is -2.55. The summed E-state index contributed by atoms with van der Waals surface area (Å²) in [5.74, 6) is 0.216. The van der Waals surface area contributed by atoms with Gasteiger partial charge < -0.3 is 10.2 Å². The van der Waals surface area contributed by atoms with E-state index >= 15 is 0 Å². The second-order valence-electron chi connectivity index (χ2n) is 6.54. The Morgan fingerprint density at radius 1 is 1.33 bits per heavy atom. The highest BCUT2D eigenvalue weighted by Gasteiger charge is 2.34. The molecule has 1 unspecified atom stereocenters. The summed E-state index contributed by atoms with van der Waals surface area (Å²) in [5, 5.41) is 3.09. The van der Waals surface area contributed by atoms with Crippen LogP contribution in [0.15, 0.2) is 30.5 Å². The number of nitrogens with one attached hydrogen (secondary N) is 1. The Morgan fingerprint density at radius 3 is 2.78 bits per heavy atom. The number of nitrogens with zero attached hydrogens (tertiary/aromatic N) is 4. The minimum Gasteiger partial charge on any atom is -0.349 e. The third-order valence-corrected chi connectivity index (χ3v) is 6.23. The SMILES string of the molecule is CCN(C(=O)c1cc(C)nc(NCc2ccccn2)n1)C1CCS(=O)(=O)C1. The molecule has 144 valence electrons. The van der Waals surface area contributed by atoms with Gasteiger partial charge in [-0.1, -0.05) is 6.07 Å². The molecular weight excluding hydrogens is 366 g/mol. The van der Waals surface area contributed by atoms with Crippen molar-refractivity contribution in [3.63, 3.8) is 0 Å². The minimum atomic E-state index is -3.07. The lowest BCUT2D eigenvalue weighted by molar-refractivity contribution is 0.0702. The summed E-state index contributed by atoms with van der Waals surface area (Å²) in [5.41, 5.74) is 1.76. The van der Waals surface area contributed by atoms with Crippen LogP contribution in [0.2, 0.25) is 0 Å². The molecule has 3 heterocycles. The van der Waals surface area contributed by atoms with Gasteiger partial charge in [0, 0.05) is 24.5 Å². The molecule has 0 saturated carbocycles. The smallest absolute Gasteiger partial charge is 0.272 e. The molecule has 0 aromatic carbocycles. The number of amides is 1. The highest BCUT2D eigenvalue weighted by molar-refractivity contribution is 7.91. The number of pyridine rings is 1. The van der Waals surface area contributed by atoms with E-state index in [2.05, 4.69) is 20.3 Å². The Kier molecular flexibility index (Phi) is 5.69. The van der Waals surface area contributed by atoms with Gasteiger partial charge in [-0.3, -0.25) is 9.78 Å². The van der Waals surface area contributed by atoms with E-state index in [4.69, 9.17) is 0 Å². The third-order valence-electron chi connectivity index (χ3n) is 4.48. The average molecular weight is 389 g/mol. The lowest BCUT2D eigenvalue weighted by Gasteiger charge is -2.26. The topological polar surface area (TPSA) is 105 Å². The molecule has 0 aliphatic carbocycles. The van der Waals surface area contributed by atoms with Crippen LogP contribution in [-0.4, -0.2) is 58.3 Å². The molecule has 3 rings (SSSR count). The summed E-state index contributed by atoms with van der Waals surface area (Å²) < 4.78 is 23.5. The number of hydrogen-bond acceptors (Lipinski definition) is 7. The summed E-state index contributed by atoms with van der Waals surface area (Å²) in [4.78, 5) is 27.4. The van der Waals surface area contributed by atoms with Gasteiger partial charge in [-0.25, -0.2) is 18.4 Å². The molecule has 2 aromatic rings. The van der Waals surface area contributed by atoms with Crippen molar-refractivity contribution in [1.82, 2.24) is 19.9 Å². The zero-order chi connectivity index (χ0) is 19.4. The molecule has 0 spiro atoms. The number of aryl methyl sites for hydroxylation is 1. The lowest BCUT2D eigenvalue weighted by atomic mass is 10.2. The van der Waals surface area contributed by atoms with Crippen LogP contribution in [0.3, 0.4) is 0 Å². The zero-order valence-electron chi connectivity index (χ0n) is 15.4. The van der Waals surface area contributed by atoms with E-state index in [-0.39, 0.29) is 29.1 Å². The Labute approximate surface area is 159 Å². The van der Waals surface area contributed by atoms with E-state index in [9.17, 15) is 13.2 Å². The molecule has 1 aliphatic heterocycles. The maximum atomic E-state index is 13.0. The molecule has 27 heavy (non-hydrogen) atoms. The van der Waals surface area contributed by atoms with Crippen LogP contribution in [0.5, 0.6) is 0 Å². The largest absolute Gasteiger partial charge is 0.349 e. The van der Waals surface area contributed by atoms with Crippen molar-refractivity contribution in [2.45, 2.75) is 32.9 Å². The molecule has 8 nitrogen and oxygen atoms in total. The van der Waals surface area contributed by atoms with Crippen molar-refractivity contribution >= 4 is 21.7 Å². The van der Waals surface area contributed by atoms with E-state index in [1.54, 1.807) is 24.1 Å². The van der Waals surface area contributed by atoms with Gasteiger partial charge in [0.05, 0.1) is 23.7 Å². The first-order chi connectivity index (χ1) is 12.9. The van der Waals surface area contributed by atoms with Crippen LogP contribution in [0.25, 0.3) is 0 Å². The van der Waals surface area contributed by atoms with E-state index in [0.29, 0.717) is 31.2 Å². The van der Waals surface area contributed by atoms with Crippen LogP contribution in [0.4, 0.5) is 5.95 Å². The normalized spacial score (nSPS) is 18.2. The van der Waals surface area contributed by atoms with Crippen molar-refractivity contribution in [1.29, 1.82) is 0 Å². The molecular formula is C18H23N5O3S. The molecule has 0 bridgehead atoms. The molecule has 9 heteroatoms. The predicted octanol–water partition coefficient (Wildman–Crippen LogP) is 1.44. The minimum absolute atomic E-state index is 0.0153. The van der Waals surface area contributed by atoms with Crippen molar-refractivity contribution in [2.75, 3.05) is 23.4 Å². The third kappa shape index (κ3) is 4.79. The monoisotopic (exact) mass is 389 g/mol. The van der Waals surface area contributed by atoms with Crippen molar-refractivity contribution in [2.24, 2.45) is 0 Å². The number of aromatic nitrogens is 3. The average Bonchev–Trinajstić information content (AvgIpc) is 3.00. The van der Waals surface area contributed by atoms with Crippen molar-refractivity contribution in [3.05, 3.63) is 47.5 Å². The second kappa shape index (κ2) is 7.99. The first-order valence-corrected chi connectivity index (χ1v) is 10.7. The molecule has 1 amide bonds. The fourth-order valence-corrected chi connectivity index (χ4v) is 4.90. The van der Waals surface area contributed by atoms with E-state index in [1.165, 1.54) is 0 Å². The molecule has 1 atom stereocenters. The lowest BCUT2D eigenvalue weighted by Crippen LogP contribution is -2.41. The molecule has 0 radical (unpaired) electrons. The number of anilines is 1. The maximum Gasteiger partial charge on any atom is 0.272 e. The summed E-state index contributed by atoms with van der Waals surface area (Å²) in [6, 6.07) is 6.94. The molecule has 2 aromatic heterocycles. The van der Waals surface area contributed by atoms with Gasteiger partial charge in [0.1, 0.15) is 5.69 Å². The summed E-state index contributed by atoms with van der Waals surface area (Å²) in [6.07, 6.45) is 2.18. The number of carbonyl (C=O) groups is 1. The van der Waals surface area contributed by atoms with E-state index in [0.717, 1.165) is 5.69 Å². The van der Waals surface area contributed by atoms with Gasteiger partial charge in [-0.2, -0.15) is 0 Å². The van der Waals surface area contributed by atoms with Gasteiger partial charge in [-0.15, -0.1) is 0 Å². The molecule has 1 aliphatic rings. The first kappa shape index (κ1) is 19.2. The Morgan fingerprint density at radius 2 is 2.15 bits per heavy atom. The fraction of sp³-hybridized carbons (Fsp3) is 0.444. The van der Waals surface area contributed by atoms with Gasteiger partial charge in [0.15, 0.2) is 9.84 Å². The van der Waals surface area contributed by atoms with Gasteiger partial charge in [0.2, 0.25) is 5.95 Å². The van der Waals surface area contributed by atoms with Gasteiger partial charge in [0.25, 0.3) is 5.91 Å². The summed E-state index contributed by atoms with van der Waals surface area (Å²) in [6.45, 7) is 4.51. The Bertz CT molecular complexity index is 918. The van der Waals surface area contributed by atoms with Gasteiger partial charge >= 0.3 is 0 Å². The van der Waals surface area contributed by atoms with Crippen LogP contribution < -0.4 is 5.32 Å². The number of hydrogen-bond donors (Lipinski definition) is 1. The van der Waals surface area contributed by atoms with Crippen LogP contribution in [0.1, 0.15) is 35.2 Å². The van der Waals surface area contributed by atoms with Crippen molar-refractivity contribution in [3.8, 4) is 0 Å². The summed E-state index contributed by atoms with van der Waals surface area (Å²) in [7, 11) is -3.07. The highest BCUT2D eigenvalue weighted by Crippen LogP contribution is 2.20. The maximum absolute atomic E-state index is 13.0. The van der Waals surface area contributed by atoms with Crippen molar-refractivity contribution < 1.29 is 13.2 Å². The number of rotatable bonds is 6. The quantitative estimate of drug-likeness (QED) is 0.797.